The van der Waals surface area contributed by atoms with E-state index in [9.17, 15) is 4.79 Å². The lowest BCUT2D eigenvalue weighted by Gasteiger charge is -2.18. The smallest absolute Gasteiger partial charge is 0.349 e. The van der Waals surface area contributed by atoms with Crippen LogP contribution in [0.15, 0.2) is 55.4 Å². The maximum absolute atomic E-state index is 11.4. The number of halogens is 2. The average molecular weight is 433 g/mol. The van der Waals surface area contributed by atoms with Crippen molar-refractivity contribution < 1.29 is 9.63 Å². The van der Waals surface area contributed by atoms with Gasteiger partial charge in [-0.1, -0.05) is 70.1 Å². The van der Waals surface area contributed by atoms with Crippen LogP contribution >= 0.6 is 24.8 Å². The van der Waals surface area contributed by atoms with E-state index in [2.05, 4.69) is 18.5 Å². The first-order valence-electron chi connectivity index (χ1n) is 9.80. The predicted octanol–water partition coefficient (Wildman–Crippen LogP) is 6.57. The van der Waals surface area contributed by atoms with Gasteiger partial charge < -0.3 is 4.84 Å². The monoisotopic (exact) mass is 432 g/mol. The van der Waals surface area contributed by atoms with Gasteiger partial charge in [0, 0.05) is 25.0 Å². The molecule has 0 spiro atoms. The molecule has 0 aromatic carbocycles. The van der Waals surface area contributed by atoms with Crippen LogP contribution in [0, 0.1) is 0 Å². The summed E-state index contributed by atoms with van der Waals surface area (Å²) in [5.74, 6) is -0.311. The number of carbonyl (C=O) groups excluding carboxylic acids is 1. The van der Waals surface area contributed by atoms with Crippen LogP contribution in [0.25, 0.3) is 0 Å². The first kappa shape index (κ1) is 31.3. The Morgan fingerprint density at radius 2 is 1.57 bits per heavy atom. The van der Waals surface area contributed by atoms with Gasteiger partial charge in [0.15, 0.2) is 0 Å². The molecular formula is C22H38Cl2N2O2. The van der Waals surface area contributed by atoms with Crippen LogP contribution in [0.3, 0.4) is 0 Å². The molecule has 0 aliphatic heterocycles. The number of nitrogens with zero attached hydrogens (tertiary/aromatic N) is 2. The second-order valence-electron chi connectivity index (χ2n) is 6.09. The first-order chi connectivity index (χ1) is 12.7. The number of carbonyl (C=O) groups is 1. The fourth-order valence-electron chi connectivity index (χ4n) is 2.35. The third-order valence-corrected chi connectivity index (χ3v) is 3.68. The SMILES string of the molecule is C=CCN(CCCCCCCCCC)OC(=O)C=CC.Cl.Cl.c1ccncc1. The Bertz CT molecular complexity index is 444. The van der Waals surface area contributed by atoms with Crippen LogP contribution in [0.1, 0.15) is 65.2 Å². The van der Waals surface area contributed by atoms with Gasteiger partial charge >= 0.3 is 5.97 Å². The van der Waals surface area contributed by atoms with Crippen LogP contribution in [0.5, 0.6) is 0 Å². The second kappa shape index (κ2) is 25.6. The van der Waals surface area contributed by atoms with Crippen molar-refractivity contribution in [3.8, 4) is 0 Å². The normalized spacial score (nSPS) is 9.68. The van der Waals surface area contributed by atoms with Crippen molar-refractivity contribution in [2.75, 3.05) is 13.1 Å². The Morgan fingerprint density at radius 1 is 1.00 bits per heavy atom. The molecular weight excluding hydrogens is 395 g/mol. The minimum atomic E-state index is -0.311. The minimum absolute atomic E-state index is 0. The van der Waals surface area contributed by atoms with E-state index >= 15 is 0 Å². The van der Waals surface area contributed by atoms with Crippen molar-refractivity contribution in [2.24, 2.45) is 0 Å². The number of pyridine rings is 1. The number of hydrogen-bond donors (Lipinski definition) is 0. The molecule has 0 saturated heterocycles. The standard InChI is InChI=1S/C17H31NO2.C5H5N.2ClH/c1-4-7-8-9-10-11-12-13-16-18(15-6-3)20-17(19)14-5-2;1-2-4-6-5-3-1;;/h5-6,14H,3-4,7-13,15-16H2,1-2H3;1-5H;2*1H. The van der Waals surface area contributed by atoms with E-state index in [0.29, 0.717) is 6.54 Å². The van der Waals surface area contributed by atoms with E-state index in [4.69, 9.17) is 4.84 Å². The third kappa shape index (κ3) is 22.7. The van der Waals surface area contributed by atoms with Crippen LogP contribution in [0.4, 0.5) is 0 Å². The summed E-state index contributed by atoms with van der Waals surface area (Å²) in [5, 5.41) is 1.69. The lowest BCUT2D eigenvalue weighted by Crippen LogP contribution is -2.28. The van der Waals surface area contributed by atoms with Gasteiger partial charge in [-0.05, 0) is 25.5 Å². The van der Waals surface area contributed by atoms with Crippen LogP contribution in [0.2, 0.25) is 0 Å². The Kier molecular flexibility index (Phi) is 28.7. The molecule has 0 N–H and O–H groups in total. The molecule has 1 rings (SSSR count). The first-order valence-corrected chi connectivity index (χ1v) is 9.80. The molecule has 162 valence electrons. The Hall–Kier alpha value is -1.36. The summed E-state index contributed by atoms with van der Waals surface area (Å²) in [5.41, 5.74) is 0. The third-order valence-electron chi connectivity index (χ3n) is 3.68. The van der Waals surface area contributed by atoms with E-state index in [0.717, 1.165) is 13.0 Å². The van der Waals surface area contributed by atoms with Crippen molar-refractivity contribution >= 4 is 30.8 Å². The van der Waals surface area contributed by atoms with Crippen LogP contribution in [-0.2, 0) is 9.63 Å². The summed E-state index contributed by atoms with van der Waals surface area (Å²) in [6.07, 6.45) is 18.6. The molecule has 0 aliphatic carbocycles. The zero-order chi connectivity index (χ0) is 19.3. The Morgan fingerprint density at radius 3 is 2.00 bits per heavy atom. The highest BCUT2D eigenvalue weighted by Crippen LogP contribution is 2.09. The average Bonchev–Trinajstić information content (AvgIpc) is 2.66. The molecule has 0 atom stereocenters. The quantitative estimate of drug-likeness (QED) is 0.153. The van der Waals surface area contributed by atoms with Gasteiger partial charge in [-0.25, -0.2) is 4.79 Å². The van der Waals surface area contributed by atoms with E-state index < -0.39 is 0 Å². The summed E-state index contributed by atoms with van der Waals surface area (Å²) in [6, 6.07) is 5.72. The van der Waals surface area contributed by atoms with Gasteiger partial charge in [0.2, 0.25) is 0 Å². The van der Waals surface area contributed by atoms with Gasteiger partial charge in [0.05, 0.1) is 6.54 Å². The molecule has 4 nitrogen and oxygen atoms in total. The fraction of sp³-hybridized carbons (Fsp3) is 0.545. The Labute approximate surface area is 184 Å². The topological polar surface area (TPSA) is 42.4 Å². The summed E-state index contributed by atoms with van der Waals surface area (Å²) < 4.78 is 0. The van der Waals surface area contributed by atoms with E-state index in [1.807, 2.05) is 18.2 Å². The largest absolute Gasteiger partial charge is 0.364 e. The molecule has 0 aliphatic rings. The van der Waals surface area contributed by atoms with Gasteiger partial charge in [-0.2, -0.15) is 0 Å². The molecule has 0 amide bonds. The van der Waals surface area contributed by atoms with E-state index in [1.54, 1.807) is 36.5 Å². The highest BCUT2D eigenvalue weighted by atomic mass is 35.5. The predicted molar refractivity (Wildman–Crippen MR) is 124 cm³/mol. The van der Waals surface area contributed by atoms with E-state index in [1.165, 1.54) is 51.0 Å². The molecule has 1 aromatic rings. The van der Waals surface area contributed by atoms with Crippen LogP contribution < -0.4 is 0 Å². The molecule has 0 fully saturated rings. The van der Waals surface area contributed by atoms with Gasteiger partial charge in [-0.3, -0.25) is 4.98 Å². The lowest BCUT2D eigenvalue weighted by molar-refractivity contribution is -0.181. The lowest BCUT2D eigenvalue weighted by atomic mass is 10.1. The number of rotatable bonds is 13. The summed E-state index contributed by atoms with van der Waals surface area (Å²) >= 11 is 0. The fourth-order valence-corrected chi connectivity index (χ4v) is 2.35. The van der Waals surface area contributed by atoms with Crippen LogP contribution in [-0.4, -0.2) is 29.1 Å². The van der Waals surface area contributed by atoms with Gasteiger partial charge in [0.1, 0.15) is 0 Å². The molecule has 1 aromatic heterocycles. The van der Waals surface area contributed by atoms with Crippen molar-refractivity contribution in [3.63, 3.8) is 0 Å². The van der Waals surface area contributed by atoms with Gasteiger partial charge in [-0.15, -0.1) is 36.5 Å². The maximum atomic E-state index is 11.4. The number of hydroxylamine groups is 2. The molecule has 0 unspecified atom stereocenters. The molecule has 0 bridgehead atoms. The summed E-state index contributed by atoms with van der Waals surface area (Å²) in [6.45, 7) is 9.10. The van der Waals surface area contributed by atoms with Gasteiger partial charge in [0.25, 0.3) is 0 Å². The highest BCUT2D eigenvalue weighted by molar-refractivity contribution is 5.85. The number of aromatic nitrogens is 1. The van der Waals surface area contributed by atoms with Crippen molar-refractivity contribution in [1.29, 1.82) is 0 Å². The van der Waals surface area contributed by atoms with Crippen molar-refractivity contribution in [2.45, 2.75) is 65.2 Å². The summed E-state index contributed by atoms with van der Waals surface area (Å²) in [7, 11) is 0. The zero-order valence-electron chi connectivity index (χ0n) is 17.4. The molecule has 0 radical (unpaired) electrons. The Balaban J connectivity index is -0.000000662. The van der Waals surface area contributed by atoms with Crippen molar-refractivity contribution in [3.05, 3.63) is 55.4 Å². The maximum Gasteiger partial charge on any atom is 0.349 e. The molecule has 28 heavy (non-hydrogen) atoms. The molecule has 1 heterocycles. The summed E-state index contributed by atoms with van der Waals surface area (Å²) in [4.78, 5) is 20.4. The highest BCUT2D eigenvalue weighted by Gasteiger charge is 2.07. The van der Waals surface area contributed by atoms with E-state index in [-0.39, 0.29) is 30.8 Å². The number of allylic oxidation sites excluding steroid dienone is 1. The second-order valence-corrected chi connectivity index (χ2v) is 6.09. The minimum Gasteiger partial charge on any atom is -0.364 e. The molecule has 0 saturated carbocycles. The zero-order valence-corrected chi connectivity index (χ0v) is 19.1. The van der Waals surface area contributed by atoms with Crippen molar-refractivity contribution in [1.82, 2.24) is 10.0 Å². The number of hydrogen-bond acceptors (Lipinski definition) is 4. The molecule has 6 heteroatoms. The number of unbranched alkanes of at least 4 members (excludes halogenated alkanes) is 7.